The number of hydrogen-bond acceptors (Lipinski definition) is 2. The topological polar surface area (TPSA) is 29.9 Å². The minimum absolute atomic E-state index is 0.224. The molecule has 2 rings (SSSR count). The fraction of sp³-hybridized carbons (Fsp3) is 0.357. The Labute approximate surface area is 127 Å². The molecule has 1 N–H and O–H groups in total. The van der Waals surface area contributed by atoms with Gasteiger partial charge in [-0.25, -0.2) is 0 Å². The predicted octanol–water partition coefficient (Wildman–Crippen LogP) is 3.73. The van der Waals surface area contributed by atoms with Crippen molar-refractivity contribution in [2.45, 2.75) is 19.4 Å². The molecule has 2 aromatic rings. The molecular weight excluding hydrogens is 326 g/mol. The Balaban J connectivity index is 2.26. The highest BCUT2D eigenvalue weighted by molar-refractivity contribution is 9.10. The summed E-state index contributed by atoms with van der Waals surface area (Å²) in [4.78, 5) is 0. The van der Waals surface area contributed by atoms with Crippen LogP contribution in [-0.2, 0) is 13.5 Å². The first-order chi connectivity index (χ1) is 9.10. The average Bonchev–Trinajstić information content (AvgIpc) is 2.77. The molecule has 0 spiro atoms. The van der Waals surface area contributed by atoms with Gasteiger partial charge >= 0.3 is 0 Å². The molecule has 1 aromatic carbocycles. The van der Waals surface area contributed by atoms with Crippen LogP contribution in [0.2, 0.25) is 5.02 Å². The van der Waals surface area contributed by atoms with Crippen LogP contribution >= 0.6 is 27.5 Å². The zero-order valence-corrected chi connectivity index (χ0v) is 13.4. The van der Waals surface area contributed by atoms with E-state index >= 15 is 0 Å². The van der Waals surface area contributed by atoms with Gasteiger partial charge in [-0.15, -0.1) is 0 Å². The molecule has 0 fully saturated rings. The van der Waals surface area contributed by atoms with Gasteiger partial charge in [-0.3, -0.25) is 4.68 Å². The molecule has 0 aliphatic carbocycles. The van der Waals surface area contributed by atoms with Crippen LogP contribution in [-0.4, -0.2) is 16.3 Å². The van der Waals surface area contributed by atoms with Crippen LogP contribution in [0.1, 0.15) is 24.1 Å². The number of nitrogens with zero attached hydrogens (tertiary/aromatic N) is 2. The summed E-state index contributed by atoms with van der Waals surface area (Å²) < 4.78 is 2.90. The van der Waals surface area contributed by atoms with Crippen molar-refractivity contribution in [3.05, 3.63) is 51.2 Å². The summed E-state index contributed by atoms with van der Waals surface area (Å²) in [5.41, 5.74) is 2.39. The highest BCUT2D eigenvalue weighted by atomic mass is 79.9. The Kier molecular flexibility index (Phi) is 5.02. The Morgan fingerprint density at radius 3 is 2.89 bits per heavy atom. The molecule has 1 unspecified atom stereocenters. The van der Waals surface area contributed by atoms with Gasteiger partial charge in [0.2, 0.25) is 0 Å². The van der Waals surface area contributed by atoms with Crippen LogP contribution in [0.4, 0.5) is 0 Å². The molecule has 5 heteroatoms. The second kappa shape index (κ2) is 6.55. The maximum Gasteiger partial charge on any atom is 0.0522 e. The fourth-order valence-electron chi connectivity index (χ4n) is 2.13. The second-order valence-corrected chi connectivity index (χ2v) is 5.79. The number of hydrogen-bond donors (Lipinski definition) is 1. The summed E-state index contributed by atoms with van der Waals surface area (Å²) in [7, 11) is 1.93. The van der Waals surface area contributed by atoms with Crippen molar-refractivity contribution in [2.75, 3.05) is 6.54 Å². The van der Waals surface area contributed by atoms with Gasteiger partial charge in [0.05, 0.1) is 6.20 Å². The molecule has 1 heterocycles. The van der Waals surface area contributed by atoms with Crippen LogP contribution in [0, 0.1) is 0 Å². The summed E-state index contributed by atoms with van der Waals surface area (Å²) in [6.07, 6.45) is 4.84. The van der Waals surface area contributed by atoms with E-state index in [1.54, 1.807) is 0 Å². The SMILES string of the molecule is CCNC(Cc1cnn(C)c1)c1cc(Cl)ccc1Br. The van der Waals surface area contributed by atoms with Crippen LogP contribution in [0.15, 0.2) is 35.1 Å². The zero-order valence-electron chi connectivity index (χ0n) is 11.0. The first-order valence-electron chi connectivity index (χ1n) is 6.26. The van der Waals surface area contributed by atoms with E-state index in [2.05, 4.69) is 33.3 Å². The van der Waals surface area contributed by atoms with Gasteiger partial charge in [0.25, 0.3) is 0 Å². The Morgan fingerprint density at radius 2 is 2.26 bits per heavy atom. The van der Waals surface area contributed by atoms with Crippen LogP contribution in [0.3, 0.4) is 0 Å². The van der Waals surface area contributed by atoms with E-state index < -0.39 is 0 Å². The second-order valence-electron chi connectivity index (χ2n) is 4.50. The number of likely N-dealkylation sites (N-methyl/N-ethyl adjacent to an activating group) is 1. The van der Waals surface area contributed by atoms with Gasteiger partial charge in [-0.05, 0) is 42.3 Å². The summed E-state index contributed by atoms with van der Waals surface area (Å²) in [6.45, 7) is 3.01. The Morgan fingerprint density at radius 1 is 1.47 bits per heavy atom. The van der Waals surface area contributed by atoms with Gasteiger partial charge < -0.3 is 5.32 Å². The van der Waals surface area contributed by atoms with E-state index in [1.165, 1.54) is 11.1 Å². The Hall–Kier alpha value is -0.840. The molecule has 1 atom stereocenters. The molecule has 0 saturated carbocycles. The number of rotatable bonds is 5. The molecule has 0 aliphatic rings. The van der Waals surface area contributed by atoms with Crippen molar-refractivity contribution in [2.24, 2.45) is 7.05 Å². The van der Waals surface area contributed by atoms with Crippen molar-refractivity contribution in [3.63, 3.8) is 0 Å². The van der Waals surface area contributed by atoms with Gasteiger partial charge in [0.1, 0.15) is 0 Å². The predicted molar refractivity (Wildman–Crippen MR) is 82.5 cm³/mol. The zero-order chi connectivity index (χ0) is 13.8. The van der Waals surface area contributed by atoms with Crippen molar-refractivity contribution in [1.29, 1.82) is 0 Å². The molecular formula is C14H17BrClN3. The van der Waals surface area contributed by atoms with E-state index in [9.17, 15) is 0 Å². The smallest absolute Gasteiger partial charge is 0.0522 e. The van der Waals surface area contributed by atoms with Crippen molar-refractivity contribution in [3.8, 4) is 0 Å². The normalized spacial score (nSPS) is 12.6. The maximum absolute atomic E-state index is 6.10. The molecule has 0 bridgehead atoms. The summed E-state index contributed by atoms with van der Waals surface area (Å²) in [6, 6.07) is 6.12. The van der Waals surface area contributed by atoms with Crippen LogP contribution < -0.4 is 5.32 Å². The summed E-state index contributed by atoms with van der Waals surface area (Å²) in [5.74, 6) is 0. The highest BCUT2D eigenvalue weighted by Gasteiger charge is 2.15. The fourth-order valence-corrected chi connectivity index (χ4v) is 2.84. The molecule has 3 nitrogen and oxygen atoms in total. The van der Waals surface area contributed by atoms with E-state index in [0.717, 1.165) is 22.5 Å². The number of aromatic nitrogens is 2. The third kappa shape index (κ3) is 3.81. The number of halogens is 2. The Bertz CT molecular complexity index is 553. The number of nitrogens with one attached hydrogen (secondary N) is 1. The van der Waals surface area contributed by atoms with Gasteiger partial charge in [0.15, 0.2) is 0 Å². The van der Waals surface area contributed by atoms with Gasteiger partial charge in [-0.2, -0.15) is 5.10 Å². The lowest BCUT2D eigenvalue weighted by Gasteiger charge is -2.19. The third-order valence-electron chi connectivity index (χ3n) is 2.98. The largest absolute Gasteiger partial charge is 0.310 e. The molecule has 0 aliphatic heterocycles. The van der Waals surface area contributed by atoms with Crippen molar-refractivity contribution < 1.29 is 0 Å². The minimum atomic E-state index is 0.224. The first-order valence-corrected chi connectivity index (χ1v) is 7.43. The monoisotopic (exact) mass is 341 g/mol. The van der Waals surface area contributed by atoms with E-state index in [0.29, 0.717) is 0 Å². The standard InChI is InChI=1S/C14H17BrClN3/c1-3-17-14(6-10-8-18-19(2)9-10)12-7-11(16)4-5-13(12)15/h4-5,7-9,14,17H,3,6H2,1-2H3. The highest BCUT2D eigenvalue weighted by Crippen LogP contribution is 2.28. The van der Waals surface area contributed by atoms with E-state index in [-0.39, 0.29) is 6.04 Å². The summed E-state index contributed by atoms with van der Waals surface area (Å²) in [5, 5.41) is 8.47. The van der Waals surface area contributed by atoms with Crippen LogP contribution in [0.5, 0.6) is 0 Å². The van der Waals surface area contributed by atoms with Gasteiger partial charge in [0, 0.05) is 28.8 Å². The molecule has 102 valence electrons. The maximum atomic E-state index is 6.10. The quantitative estimate of drug-likeness (QED) is 0.897. The first kappa shape index (κ1) is 14.6. The number of aryl methyl sites for hydroxylation is 1. The number of benzene rings is 1. The lowest BCUT2D eigenvalue weighted by Crippen LogP contribution is -2.23. The molecule has 0 saturated heterocycles. The van der Waals surface area contributed by atoms with E-state index in [4.69, 9.17) is 11.6 Å². The van der Waals surface area contributed by atoms with Gasteiger partial charge in [-0.1, -0.05) is 34.5 Å². The van der Waals surface area contributed by atoms with E-state index in [1.807, 2.05) is 42.3 Å². The molecule has 0 amide bonds. The molecule has 1 aromatic heterocycles. The summed E-state index contributed by atoms with van der Waals surface area (Å²) >= 11 is 9.70. The third-order valence-corrected chi connectivity index (χ3v) is 3.94. The lowest BCUT2D eigenvalue weighted by molar-refractivity contribution is 0.548. The van der Waals surface area contributed by atoms with Crippen LogP contribution in [0.25, 0.3) is 0 Å². The average molecular weight is 343 g/mol. The lowest BCUT2D eigenvalue weighted by atomic mass is 10.0. The van der Waals surface area contributed by atoms with Crippen molar-refractivity contribution in [1.82, 2.24) is 15.1 Å². The van der Waals surface area contributed by atoms with Crippen molar-refractivity contribution >= 4 is 27.5 Å². The minimum Gasteiger partial charge on any atom is -0.310 e. The molecule has 0 radical (unpaired) electrons. The molecule has 19 heavy (non-hydrogen) atoms.